The minimum absolute atomic E-state index is 0.812. The van der Waals surface area contributed by atoms with Crippen LogP contribution in [-0.2, 0) is 6.42 Å². The van der Waals surface area contributed by atoms with Gasteiger partial charge < -0.3 is 5.32 Å². The van der Waals surface area contributed by atoms with Gasteiger partial charge in [-0.15, -0.1) is 0 Å². The highest BCUT2D eigenvalue weighted by atomic mass is 35.5. The molecule has 0 aliphatic rings. The van der Waals surface area contributed by atoms with E-state index < -0.39 is 0 Å². The van der Waals surface area contributed by atoms with Crippen molar-refractivity contribution in [3.63, 3.8) is 0 Å². The molecule has 0 fully saturated rings. The number of hydrogen-bond donors (Lipinski definition) is 1. The molecule has 0 spiro atoms. The highest BCUT2D eigenvalue weighted by molar-refractivity contribution is 6.30. The van der Waals surface area contributed by atoms with Gasteiger partial charge in [0.1, 0.15) is 0 Å². The summed E-state index contributed by atoms with van der Waals surface area (Å²) >= 11 is 5.99. The molecule has 88 valence electrons. The van der Waals surface area contributed by atoms with Crippen molar-refractivity contribution >= 4 is 17.3 Å². The monoisotopic (exact) mass is 237 g/mol. The molecule has 0 radical (unpaired) electrons. The van der Waals surface area contributed by atoms with Gasteiger partial charge in [0.25, 0.3) is 0 Å². The molecule has 1 rings (SSSR count). The molecular weight excluding hydrogens is 218 g/mol. The maximum absolute atomic E-state index is 5.99. The predicted octanol–water partition coefficient (Wildman–Crippen LogP) is 5.02. The third-order valence-corrected chi connectivity index (χ3v) is 2.63. The molecule has 1 nitrogen and oxygen atoms in total. The smallest absolute Gasteiger partial charge is 0.0413 e. The zero-order valence-electron chi connectivity index (χ0n) is 10.1. The Labute approximate surface area is 104 Å². The minimum atomic E-state index is 0.812. The minimum Gasteiger partial charge on any atom is -0.362 e. The van der Waals surface area contributed by atoms with Crippen molar-refractivity contribution < 1.29 is 0 Å². The third kappa shape index (κ3) is 4.28. The summed E-state index contributed by atoms with van der Waals surface area (Å²) in [5, 5.41) is 4.13. The molecule has 1 aromatic rings. The number of benzene rings is 1. The fourth-order valence-electron chi connectivity index (χ4n) is 1.58. The first-order chi connectivity index (χ1) is 7.77. The van der Waals surface area contributed by atoms with Crippen LogP contribution < -0.4 is 5.32 Å². The first kappa shape index (κ1) is 13.1. The Kier molecular flexibility index (Phi) is 6.02. The molecule has 16 heavy (non-hydrogen) atoms. The largest absolute Gasteiger partial charge is 0.362 e. The van der Waals surface area contributed by atoms with E-state index in [1.807, 2.05) is 24.4 Å². The van der Waals surface area contributed by atoms with Gasteiger partial charge in [0.15, 0.2) is 0 Å². The first-order valence-electron chi connectivity index (χ1n) is 5.98. The van der Waals surface area contributed by atoms with E-state index in [1.54, 1.807) is 0 Å². The van der Waals surface area contributed by atoms with Crippen molar-refractivity contribution in [2.45, 2.75) is 39.5 Å². The van der Waals surface area contributed by atoms with Crippen LogP contribution in [0.15, 0.2) is 30.5 Å². The van der Waals surface area contributed by atoms with Crippen LogP contribution in [0.4, 0.5) is 5.69 Å². The lowest BCUT2D eigenvalue weighted by molar-refractivity contribution is 0.923. The van der Waals surface area contributed by atoms with Crippen LogP contribution in [0.1, 0.15) is 38.7 Å². The normalized spacial score (nSPS) is 10.9. The van der Waals surface area contributed by atoms with Crippen LogP contribution in [0, 0.1) is 0 Å². The topological polar surface area (TPSA) is 12.0 Å². The Balaban J connectivity index is 2.70. The molecule has 0 aliphatic carbocycles. The average Bonchev–Trinajstić information content (AvgIpc) is 2.27. The SMILES string of the molecule is CCC/C=C/Nc1ccc(Cl)cc1CCC. The van der Waals surface area contributed by atoms with Crippen LogP contribution in [0.3, 0.4) is 0 Å². The van der Waals surface area contributed by atoms with Crippen LogP contribution in [0.2, 0.25) is 5.02 Å². The highest BCUT2D eigenvalue weighted by Crippen LogP contribution is 2.22. The zero-order valence-corrected chi connectivity index (χ0v) is 10.8. The molecule has 0 aromatic heterocycles. The van der Waals surface area contributed by atoms with Crippen molar-refractivity contribution in [2.24, 2.45) is 0 Å². The molecule has 0 atom stereocenters. The average molecular weight is 238 g/mol. The van der Waals surface area contributed by atoms with Crippen LogP contribution in [0.25, 0.3) is 0 Å². The summed E-state index contributed by atoms with van der Waals surface area (Å²) in [6, 6.07) is 6.02. The van der Waals surface area contributed by atoms with Crippen LogP contribution >= 0.6 is 11.6 Å². The van der Waals surface area contributed by atoms with E-state index in [0.29, 0.717) is 0 Å². The number of hydrogen-bond acceptors (Lipinski definition) is 1. The number of aryl methyl sites for hydroxylation is 1. The fourth-order valence-corrected chi connectivity index (χ4v) is 1.77. The van der Waals surface area contributed by atoms with Crippen molar-refractivity contribution in [3.8, 4) is 0 Å². The van der Waals surface area contributed by atoms with Crippen molar-refractivity contribution in [3.05, 3.63) is 41.1 Å². The van der Waals surface area contributed by atoms with Gasteiger partial charge in [0.2, 0.25) is 0 Å². The van der Waals surface area contributed by atoms with E-state index in [0.717, 1.165) is 24.3 Å². The van der Waals surface area contributed by atoms with Crippen molar-refractivity contribution in [1.29, 1.82) is 0 Å². The van der Waals surface area contributed by atoms with Gasteiger partial charge in [-0.25, -0.2) is 0 Å². The Morgan fingerprint density at radius 1 is 1.25 bits per heavy atom. The van der Waals surface area contributed by atoms with Gasteiger partial charge in [-0.2, -0.15) is 0 Å². The molecule has 1 N–H and O–H groups in total. The number of unbranched alkanes of at least 4 members (excludes halogenated alkanes) is 1. The van der Waals surface area contributed by atoms with Gasteiger partial charge in [-0.1, -0.05) is 44.4 Å². The quantitative estimate of drug-likeness (QED) is 0.733. The molecule has 1 aromatic carbocycles. The molecule has 0 unspecified atom stereocenters. The molecule has 2 heteroatoms. The van der Waals surface area contributed by atoms with Crippen molar-refractivity contribution in [2.75, 3.05) is 5.32 Å². The second-order valence-corrected chi connectivity index (χ2v) is 4.32. The summed E-state index contributed by atoms with van der Waals surface area (Å²) in [4.78, 5) is 0. The lowest BCUT2D eigenvalue weighted by Crippen LogP contribution is -1.94. The number of anilines is 1. The fraction of sp³-hybridized carbons (Fsp3) is 0.429. The summed E-state index contributed by atoms with van der Waals surface area (Å²) in [6.07, 6.45) is 8.67. The summed E-state index contributed by atoms with van der Waals surface area (Å²) in [7, 11) is 0. The molecule has 0 aliphatic heterocycles. The number of rotatable bonds is 6. The maximum Gasteiger partial charge on any atom is 0.0413 e. The molecule has 0 bridgehead atoms. The molecule has 0 heterocycles. The lowest BCUT2D eigenvalue weighted by atomic mass is 10.1. The van der Waals surface area contributed by atoms with E-state index in [9.17, 15) is 0 Å². The number of halogens is 1. The summed E-state index contributed by atoms with van der Waals surface area (Å²) in [6.45, 7) is 4.35. The third-order valence-electron chi connectivity index (χ3n) is 2.40. The molecule has 0 saturated heterocycles. The second kappa shape index (κ2) is 7.34. The van der Waals surface area contributed by atoms with Gasteiger partial charge >= 0.3 is 0 Å². The first-order valence-corrected chi connectivity index (χ1v) is 6.35. The Hall–Kier alpha value is -0.950. The highest BCUT2D eigenvalue weighted by Gasteiger charge is 2.00. The van der Waals surface area contributed by atoms with E-state index >= 15 is 0 Å². The van der Waals surface area contributed by atoms with Crippen LogP contribution in [-0.4, -0.2) is 0 Å². The van der Waals surface area contributed by atoms with Crippen LogP contribution in [0.5, 0.6) is 0 Å². The number of allylic oxidation sites excluding steroid dienone is 1. The lowest BCUT2D eigenvalue weighted by Gasteiger charge is -2.08. The molecule has 0 amide bonds. The predicted molar refractivity (Wildman–Crippen MR) is 73.1 cm³/mol. The van der Waals surface area contributed by atoms with Gasteiger partial charge in [-0.05, 0) is 42.8 Å². The van der Waals surface area contributed by atoms with E-state index in [2.05, 4.69) is 25.2 Å². The van der Waals surface area contributed by atoms with E-state index in [1.165, 1.54) is 17.7 Å². The van der Waals surface area contributed by atoms with E-state index in [-0.39, 0.29) is 0 Å². The molecular formula is C14H20ClN. The number of nitrogens with one attached hydrogen (secondary N) is 1. The zero-order chi connectivity index (χ0) is 11.8. The Morgan fingerprint density at radius 3 is 2.75 bits per heavy atom. The standard InChI is InChI=1S/C14H20ClN/c1-3-5-6-10-16-14-9-8-13(15)11-12(14)7-4-2/h6,8-11,16H,3-5,7H2,1-2H3/b10-6+. The second-order valence-electron chi connectivity index (χ2n) is 3.89. The van der Waals surface area contributed by atoms with Gasteiger partial charge in [0, 0.05) is 10.7 Å². The Bertz CT molecular complexity index is 345. The summed E-state index contributed by atoms with van der Waals surface area (Å²) in [5.74, 6) is 0. The van der Waals surface area contributed by atoms with Crippen molar-refractivity contribution in [1.82, 2.24) is 0 Å². The van der Waals surface area contributed by atoms with Gasteiger partial charge in [-0.3, -0.25) is 0 Å². The summed E-state index contributed by atoms with van der Waals surface area (Å²) < 4.78 is 0. The molecule has 0 saturated carbocycles. The van der Waals surface area contributed by atoms with E-state index in [4.69, 9.17) is 11.6 Å². The maximum atomic E-state index is 5.99. The Morgan fingerprint density at radius 2 is 2.06 bits per heavy atom. The van der Waals surface area contributed by atoms with Gasteiger partial charge in [0.05, 0.1) is 0 Å². The summed E-state index contributed by atoms with van der Waals surface area (Å²) in [5.41, 5.74) is 2.45.